The Hall–Kier alpha value is -1.86. The lowest BCUT2D eigenvalue weighted by atomic mass is 10.00. The average Bonchev–Trinajstić information content (AvgIpc) is 3.20. The molecule has 0 bridgehead atoms. The molecule has 24 heavy (non-hydrogen) atoms. The van der Waals surface area contributed by atoms with Gasteiger partial charge in [0.05, 0.1) is 29.3 Å². The number of carbonyl (C=O) groups excluding carboxylic acids is 1. The molecule has 1 aromatic carbocycles. The normalized spacial score (nSPS) is 21.0. The van der Waals surface area contributed by atoms with Crippen molar-refractivity contribution in [3.8, 4) is 5.75 Å². The van der Waals surface area contributed by atoms with Crippen molar-refractivity contribution in [2.45, 2.75) is 18.9 Å². The molecule has 1 N–H and O–H groups in total. The Balaban J connectivity index is 1.32. The molecule has 2 aromatic rings. The number of thiazole rings is 1. The minimum atomic E-state index is 0.0490. The third-order valence-corrected chi connectivity index (χ3v) is 5.73. The first-order valence-electron chi connectivity index (χ1n) is 8.32. The fourth-order valence-corrected chi connectivity index (χ4v) is 4.09. The monoisotopic (exact) mass is 347 g/mol. The molecule has 2 saturated heterocycles. The highest BCUT2D eigenvalue weighted by Gasteiger charge is 2.34. The first-order chi connectivity index (χ1) is 11.7. The number of rotatable bonds is 5. The second-order valence-electron chi connectivity index (χ2n) is 6.31. The summed E-state index contributed by atoms with van der Waals surface area (Å²) in [4.78, 5) is 19.0. The Bertz CT molecular complexity index is 736. The van der Waals surface area contributed by atoms with Crippen LogP contribution in [0, 0.1) is 5.92 Å². The Morgan fingerprint density at radius 3 is 3.12 bits per heavy atom. The predicted octanol–water partition coefficient (Wildman–Crippen LogP) is 2.04. The molecule has 0 radical (unpaired) electrons. The topological polar surface area (TPSA) is 63.7 Å². The molecule has 0 spiro atoms. The molecule has 1 amide bonds. The van der Waals surface area contributed by atoms with E-state index < -0.39 is 0 Å². The summed E-state index contributed by atoms with van der Waals surface area (Å²) in [5.74, 6) is 0.992. The average molecular weight is 347 g/mol. The van der Waals surface area contributed by atoms with Gasteiger partial charge in [-0.2, -0.15) is 0 Å². The highest BCUT2D eigenvalue weighted by molar-refractivity contribution is 7.22. The maximum atomic E-state index is 12.2. The molecular weight excluding hydrogens is 326 g/mol. The molecule has 1 unspecified atom stereocenters. The third-order valence-electron chi connectivity index (χ3n) is 4.63. The van der Waals surface area contributed by atoms with E-state index >= 15 is 0 Å². The van der Waals surface area contributed by atoms with Crippen molar-refractivity contribution in [1.82, 2.24) is 10.3 Å². The zero-order chi connectivity index (χ0) is 16.5. The van der Waals surface area contributed by atoms with Crippen LogP contribution in [0.3, 0.4) is 0 Å². The van der Waals surface area contributed by atoms with Crippen molar-refractivity contribution < 1.29 is 14.3 Å². The largest absolute Gasteiger partial charge is 0.497 e. The molecule has 6 nitrogen and oxygen atoms in total. The lowest BCUT2D eigenvalue weighted by Crippen LogP contribution is -2.54. The van der Waals surface area contributed by atoms with E-state index in [0.717, 1.165) is 53.6 Å². The number of ether oxygens (including phenoxy) is 2. The van der Waals surface area contributed by atoms with E-state index in [4.69, 9.17) is 9.47 Å². The van der Waals surface area contributed by atoms with Crippen LogP contribution in [0.4, 0.5) is 5.13 Å². The summed E-state index contributed by atoms with van der Waals surface area (Å²) >= 11 is 1.66. The summed E-state index contributed by atoms with van der Waals surface area (Å²) in [5, 5.41) is 3.99. The van der Waals surface area contributed by atoms with E-state index in [0.29, 0.717) is 6.54 Å². The number of benzene rings is 1. The van der Waals surface area contributed by atoms with Gasteiger partial charge in [0.15, 0.2) is 5.13 Å². The number of aromatic nitrogens is 1. The highest BCUT2D eigenvalue weighted by atomic mass is 32.1. The van der Waals surface area contributed by atoms with Gasteiger partial charge in [-0.1, -0.05) is 11.3 Å². The molecule has 4 rings (SSSR count). The van der Waals surface area contributed by atoms with Crippen molar-refractivity contribution in [2.75, 3.05) is 38.3 Å². The van der Waals surface area contributed by atoms with Crippen LogP contribution in [0.5, 0.6) is 5.75 Å². The van der Waals surface area contributed by atoms with Crippen LogP contribution in [-0.4, -0.2) is 50.3 Å². The van der Waals surface area contributed by atoms with Crippen LogP contribution in [0.25, 0.3) is 10.2 Å². The molecule has 2 fully saturated rings. The van der Waals surface area contributed by atoms with Crippen molar-refractivity contribution in [2.24, 2.45) is 5.92 Å². The van der Waals surface area contributed by atoms with Gasteiger partial charge in [-0.25, -0.2) is 4.98 Å². The molecule has 0 saturated carbocycles. The van der Waals surface area contributed by atoms with E-state index in [1.165, 1.54) is 0 Å². The van der Waals surface area contributed by atoms with Gasteiger partial charge < -0.3 is 19.7 Å². The molecule has 3 heterocycles. The fourth-order valence-electron chi connectivity index (χ4n) is 3.12. The Morgan fingerprint density at radius 2 is 2.38 bits per heavy atom. The molecule has 2 aliphatic heterocycles. The minimum absolute atomic E-state index is 0.0490. The van der Waals surface area contributed by atoms with Crippen LogP contribution < -0.4 is 15.0 Å². The van der Waals surface area contributed by atoms with Gasteiger partial charge in [-0.3, -0.25) is 4.79 Å². The zero-order valence-electron chi connectivity index (χ0n) is 13.7. The molecule has 0 aliphatic carbocycles. The van der Waals surface area contributed by atoms with Crippen LogP contribution in [0.15, 0.2) is 18.2 Å². The lowest BCUT2D eigenvalue weighted by molar-refractivity contribution is -0.126. The smallest absolute Gasteiger partial charge is 0.226 e. The Labute approximate surface area is 144 Å². The van der Waals surface area contributed by atoms with Gasteiger partial charge >= 0.3 is 0 Å². The number of nitrogens with zero attached hydrogens (tertiary/aromatic N) is 2. The summed E-state index contributed by atoms with van der Waals surface area (Å²) in [7, 11) is 1.66. The second kappa shape index (κ2) is 6.57. The predicted molar refractivity (Wildman–Crippen MR) is 93.9 cm³/mol. The fraction of sp³-hybridized carbons (Fsp3) is 0.529. The first kappa shape index (κ1) is 15.7. The number of hydrogen-bond acceptors (Lipinski definition) is 6. The molecule has 2 aliphatic rings. The number of fused-ring (bicyclic) bond motifs is 1. The maximum absolute atomic E-state index is 12.2. The van der Waals surface area contributed by atoms with Crippen LogP contribution in [0.2, 0.25) is 0 Å². The first-order valence-corrected chi connectivity index (χ1v) is 9.13. The maximum Gasteiger partial charge on any atom is 0.226 e. The number of methoxy groups -OCH3 is 1. The van der Waals surface area contributed by atoms with Crippen molar-refractivity contribution >= 4 is 32.6 Å². The third kappa shape index (κ3) is 3.06. The Morgan fingerprint density at radius 1 is 1.50 bits per heavy atom. The minimum Gasteiger partial charge on any atom is -0.497 e. The number of carbonyl (C=O) groups is 1. The van der Waals surface area contributed by atoms with E-state index in [-0.39, 0.29) is 17.9 Å². The van der Waals surface area contributed by atoms with Crippen molar-refractivity contribution in [1.29, 1.82) is 0 Å². The summed E-state index contributed by atoms with van der Waals surface area (Å²) in [6, 6.07) is 5.92. The second-order valence-corrected chi connectivity index (χ2v) is 7.32. The van der Waals surface area contributed by atoms with Crippen LogP contribution >= 0.6 is 11.3 Å². The van der Waals surface area contributed by atoms with E-state index in [1.807, 2.05) is 18.2 Å². The molecule has 1 atom stereocenters. The summed E-state index contributed by atoms with van der Waals surface area (Å²) < 4.78 is 11.9. The van der Waals surface area contributed by atoms with Crippen LogP contribution in [-0.2, 0) is 9.53 Å². The summed E-state index contributed by atoms with van der Waals surface area (Å²) in [5.41, 5.74) is 0.945. The van der Waals surface area contributed by atoms with Gasteiger partial charge in [0.2, 0.25) is 5.91 Å². The van der Waals surface area contributed by atoms with Gasteiger partial charge in [0, 0.05) is 32.3 Å². The summed E-state index contributed by atoms with van der Waals surface area (Å²) in [6.07, 6.45) is 2.34. The molecule has 7 heteroatoms. The van der Waals surface area contributed by atoms with E-state index in [2.05, 4.69) is 15.2 Å². The van der Waals surface area contributed by atoms with E-state index in [1.54, 1.807) is 18.4 Å². The quantitative estimate of drug-likeness (QED) is 0.897. The van der Waals surface area contributed by atoms with Gasteiger partial charge in [-0.15, -0.1) is 0 Å². The van der Waals surface area contributed by atoms with Crippen LogP contribution in [0.1, 0.15) is 12.8 Å². The van der Waals surface area contributed by atoms with Gasteiger partial charge in [-0.05, 0) is 25.0 Å². The standard InChI is InChI=1S/C17H21N3O3S/c1-22-12-4-5-15-14(7-12)19-17(24-15)20-9-11(10-20)16(21)18-8-13-3-2-6-23-13/h4-5,7,11,13H,2-3,6,8-10H2,1H3,(H,18,21). The molecule has 1 aromatic heterocycles. The number of amides is 1. The number of anilines is 1. The Kier molecular flexibility index (Phi) is 4.28. The van der Waals surface area contributed by atoms with Gasteiger partial charge in [0.25, 0.3) is 0 Å². The molecular formula is C17H21N3O3S. The molecule has 128 valence electrons. The van der Waals surface area contributed by atoms with Gasteiger partial charge in [0.1, 0.15) is 5.75 Å². The van der Waals surface area contributed by atoms with Crippen molar-refractivity contribution in [3.63, 3.8) is 0 Å². The van der Waals surface area contributed by atoms with Crippen molar-refractivity contribution in [3.05, 3.63) is 18.2 Å². The highest BCUT2D eigenvalue weighted by Crippen LogP contribution is 2.34. The number of hydrogen-bond donors (Lipinski definition) is 1. The number of nitrogens with one attached hydrogen (secondary N) is 1. The summed E-state index contributed by atoms with van der Waals surface area (Å²) in [6.45, 7) is 2.92. The lowest BCUT2D eigenvalue weighted by Gasteiger charge is -2.38. The van der Waals surface area contributed by atoms with E-state index in [9.17, 15) is 4.79 Å². The zero-order valence-corrected chi connectivity index (χ0v) is 14.5. The SMILES string of the molecule is COc1ccc2sc(N3CC(C(=O)NCC4CCCO4)C3)nc2c1.